The fourth-order valence-corrected chi connectivity index (χ4v) is 2.16. The molecule has 0 amide bonds. The molecule has 0 radical (unpaired) electrons. The SMILES string of the molecule is SC(S)(S)C1CS1. The van der Waals surface area contributed by atoms with Gasteiger partial charge < -0.3 is 0 Å². The highest BCUT2D eigenvalue weighted by Crippen LogP contribution is 2.47. The van der Waals surface area contributed by atoms with Crippen LogP contribution in [0.25, 0.3) is 0 Å². The van der Waals surface area contributed by atoms with Crippen molar-refractivity contribution in [3.8, 4) is 0 Å². The molecule has 42 valence electrons. The molecule has 1 rings (SSSR count). The average Bonchev–Trinajstić information content (AvgIpc) is 1.99. The van der Waals surface area contributed by atoms with Crippen LogP contribution in [0.15, 0.2) is 0 Å². The second-order valence-corrected chi connectivity index (χ2v) is 5.92. The van der Waals surface area contributed by atoms with E-state index in [0.29, 0.717) is 5.25 Å². The van der Waals surface area contributed by atoms with E-state index in [-0.39, 0.29) is 3.41 Å². The molecule has 0 saturated carbocycles. The van der Waals surface area contributed by atoms with E-state index in [2.05, 4.69) is 37.9 Å². The zero-order valence-electron chi connectivity index (χ0n) is 3.53. The van der Waals surface area contributed by atoms with Crippen LogP contribution < -0.4 is 0 Å². The van der Waals surface area contributed by atoms with Crippen LogP contribution in [0.2, 0.25) is 0 Å². The molecule has 1 saturated heterocycles. The standard InChI is InChI=1S/C3H6S4/c4-3(5,6)2-1-7-2/h2,4-6H,1H2. The van der Waals surface area contributed by atoms with Gasteiger partial charge in [-0.25, -0.2) is 0 Å². The van der Waals surface area contributed by atoms with E-state index in [0.717, 1.165) is 5.75 Å². The highest BCUT2D eigenvalue weighted by Gasteiger charge is 2.37. The van der Waals surface area contributed by atoms with Gasteiger partial charge in [-0.3, -0.25) is 0 Å². The van der Waals surface area contributed by atoms with Crippen LogP contribution in [0.4, 0.5) is 0 Å². The van der Waals surface area contributed by atoms with Crippen LogP contribution >= 0.6 is 49.6 Å². The molecular formula is C3H6S4. The van der Waals surface area contributed by atoms with Gasteiger partial charge in [0.15, 0.2) is 0 Å². The van der Waals surface area contributed by atoms with Crippen LogP contribution in [-0.2, 0) is 0 Å². The maximum Gasteiger partial charge on any atom is 0.111 e. The van der Waals surface area contributed by atoms with Crippen molar-refractivity contribution in [3.63, 3.8) is 0 Å². The molecule has 0 aliphatic carbocycles. The number of thiol groups is 3. The molecule has 1 aliphatic heterocycles. The summed E-state index contributed by atoms with van der Waals surface area (Å²) in [4.78, 5) is 0. The molecule has 1 unspecified atom stereocenters. The first-order chi connectivity index (χ1) is 3.11. The minimum atomic E-state index is -0.343. The number of thioether (sulfide) groups is 1. The molecule has 0 nitrogen and oxygen atoms in total. The van der Waals surface area contributed by atoms with Crippen molar-refractivity contribution >= 4 is 49.6 Å². The van der Waals surface area contributed by atoms with Crippen LogP contribution in [0.1, 0.15) is 0 Å². The van der Waals surface area contributed by atoms with Gasteiger partial charge in [0, 0.05) is 11.0 Å². The fourth-order valence-electron chi connectivity index (χ4n) is 0.272. The Hall–Kier alpha value is 1.40. The Kier molecular flexibility index (Phi) is 1.84. The largest absolute Gasteiger partial charge is 0.153 e. The van der Waals surface area contributed by atoms with Crippen molar-refractivity contribution in [2.24, 2.45) is 0 Å². The molecule has 1 aliphatic rings. The second kappa shape index (κ2) is 1.97. The summed E-state index contributed by atoms with van der Waals surface area (Å²) in [6, 6.07) is 0. The lowest BCUT2D eigenvalue weighted by atomic mass is 10.6. The molecule has 1 atom stereocenters. The molecule has 1 heterocycles. The summed E-state index contributed by atoms with van der Waals surface area (Å²) >= 11 is 14.2. The monoisotopic (exact) mass is 170 g/mol. The summed E-state index contributed by atoms with van der Waals surface area (Å²) in [5.74, 6) is 1.16. The first-order valence-corrected chi connectivity index (χ1v) is 4.28. The summed E-state index contributed by atoms with van der Waals surface area (Å²) in [5, 5.41) is 0.558. The van der Waals surface area contributed by atoms with Gasteiger partial charge in [-0.2, -0.15) is 49.6 Å². The van der Waals surface area contributed by atoms with Gasteiger partial charge in [0.2, 0.25) is 0 Å². The van der Waals surface area contributed by atoms with Crippen molar-refractivity contribution in [2.75, 3.05) is 5.75 Å². The molecule has 0 aromatic heterocycles. The molecule has 0 spiro atoms. The van der Waals surface area contributed by atoms with Crippen molar-refractivity contribution in [2.45, 2.75) is 8.66 Å². The summed E-state index contributed by atoms with van der Waals surface area (Å²) in [7, 11) is 0. The van der Waals surface area contributed by atoms with Gasteiger partial charge in [-0.15, -0.1) is 0 Å². The van der Waals surface area contributed by atoms with Crippen molar-refractivity contribution in [1.82, 2.24) is 0 Å². The highest BCUT2D eigenvalue weighted by molar-refractivity contribution is 8.20. The van der Waals surface area contributed by atoms with E-state index in [1.54, 1.807) is 0 Å². The van der Waals surface area contributed by atoms with E-state index >= 15 is 0 Å². The van der Waals surface area contributed by atoms with Crippen LogP contribution in [-0.4, -0.2) is 14.4 Å². The zero-order valence-corrected chi connectivity index (χ0v) is 7.03. The molecule has 1 fully saturated rings. The number of hydrogen-bond donors (Lipinski definition) is 3. The third-order valence-corrected chi connectivity index (χ3v) is 3.24. The summed E-state index contributed by atoms with van der Waals surface area (Å²) in [5.41, 5.74) is 0. The molecular weight excluding hydrogens is 164 g/mol. The molecule has 0 bridgehead atoms. The normalized spacial score (nSPS) is 30.4. The van der Waals surface area contributed by atoms with Gasteiger partial charge in [0.05, 0.1) is 0 Å². The van der Waals surface area contributed by atoms with E-state index in [9.17, 15) is 0 Å². The third kappa shape index (κ3) is 2.00. The Bertz CT molecular complexity index is 69.5. The van der Waals surface area contributed by atoms with E-state index in [1.807, 2.05) is 11.8 Å². The van der Waals surface area contributed by atoms with Crippen molar-refractivity contribution in [1.29, 1.82) is 0 Å². The Balaban J connectivity index is 2.36. The van der Waals surface area contributed by atoms with Crippen molar-refractivity contribution in [3.05, 3.63) is 0 Å². The smallest absolute Gasteiger partial charge is 0.111 e. The minimum Gasteiger partial charge on any atom is -0.153 e. The Morgan fingerprint density at radius 3 is 1.86 bits per heavy atom. The maximum atomic E-state index is 4.12. The lowest BCUT2D eigenvalue weighted by molar-refractivity contribution is 1.17. The molecule has 0 aromatic carbocycles. The molecule has 7 heavy (non-hydrogen) atoms. The van der Waals surface area contributed by atoms with E-state index < -0.39 is 0 Å². The number of hydrogen-bond acceptors (Lipinski definition) is 4. The van der Waals surface area contributed by atoms with Crippen LogP contribution in [0.3, 0.4) is 0 Å². The van der Waals surface area contributed by atoms with E-state index in [4.69, 9.17) is 0 Å². The number of rotatable bonds is 1. The first-order valence-electron chi connectivity index (χ1n) is 1.89. The summed E-state index contributed by atoms with van der Waals surface area (Å²) in [6.07, 6.45) is 0. The second-order valence-electron chi connectivity index (χ2n) is 1.51. The zero-order chi connectivity index (χ0) is 5.49. The topological polar surface area (TPSA) is 0 Å². The van der Waals surface area contributed by atoms with Gasteiger partial charge in [0.25, 0.3) is 0 Å². The van der Waals surface area contributed by atoms with Crippen LogP contribution in [0, 0.1) is 0 Å². The van der Waals surface area contributed by atoms with Crippen LogP contribution in [0.5, 0.6) is 0 Å². The highest BCUT2D eigenvalue weighted by atomic mass is 32.2. The Morgan fingerprint density at radius 2 is 1.86 bits per heavy atom. The summed E-state index contributed by atoms with van der Waals surface area (Å²) in [6.45, 7) is 0. The fraction of sp³-hybridized carbons (Fsp3) is 1.00. The average molecular weight is 170 g/mol. The molecule has 4 heteroatoms. The predicted octanol–water partition coefficient (Wildman–Crippen LogP) is 1.54. The van der Waals surface area contributed by atoms with Crippen molar-refractivity contribution < 1.29 is 0 Å². The van der Waals surface area contributed by atoms with Gasteiger partial charge >= 0.3 is 0 Å². The summed E-state index contributed by atoms with van der Waals surface area (Å²) < 4.78 is -0.343. The lowest BCUT2D eigenvalue weighted by Crippen LogP contribution is -2.09. The van der Waals surface area contributed by atoms with Gasteiger partial charge in [-0.05, 0) is 0 Å². The molecule has 0 N–H and O–H groups in total. The van der Waals surface area contributed by atoms with Gasteiger partial charge in [0.1, 0.15) is 3.41 Å². The third-order valence-electron chi connectivity index (χ3n) is 0.765. The predicted molar refractivity (Wildman–Crippen MR) is 45.9 cm³/mol. The lowest BCUT2D eigenvalue weighted by Gasteiger charge is -2.10. The van der Waals surface area contributed by atoms with Gasteiger partial charge in [-0.1, -0.05) is 0 Å². The van der Waals surface area contributed by atoms with E-state index in [1.165, 1.54) is 0 Å². The first kappa shape index (κ1) is 6.52. The molecule has 0 aromatic rings. The Labute approximate surface area is 64.1 Å². The quantitative estimate of drug-likeness (QED) is 0.305. The Morgan fingerprint density at radius 1 is 1.43 bits per heavy atom. The maximum absolute atomic E-state index is 4.12. The minimum absolute atomic E-state index is 0.343.